The monoisotopic (exact) mass is 322 g/mol. The molecule has 1 aliphatic rings. The maximum atomic E-state index is 9.03. The summed E-state index contributed by atoms with van der Waals surface area (Å²) in [6.45, 7) is 1.78. The third-order valence-corrected chi connectivity index (χ3v) is 5.13. The molecule has 3 rings (SSSR count). The van der Waals surface area contributed by atoms with Crippen LogP contribution in [0.15, 0.2) is 16.9 Å². The molecule has 0 saturated carbocycles. The van der Waals surface area contributed by atoms with Crippen LogP contribution in [-0.2, 0) is 0 Å². The number of thiazole rings is 1. The topological polar surface area (TPSA) is 52.8 Å². The lowest BCUT2D eigenvalue weighted by molar-refractivity contribution is 0.493. The van der Waals surface area contributed by atoms with Gasteiger partial charge >= 0.3 is 0 Å². The summed E-state index contributed by atoms with van der Waals surface area (Å²) < 4.78 is 1.92. The molecule has 0 aliphatic carbocycles. The van der Waals surface area contributed by atoms with E-state index in [-0.39, 0.29) is 5.92 Å². The summed E-state index contributed by atoms with van der Waals surface area (Å²) in [6.07, 6.45) is 3.82. The fourth-order valence-corrected chi connectivity index (χ4v) is 3.75. The van der Waals surface area contributed by atoms with E-state index >= 15 is 0 Å². The van der Waals surface area contributed by atoms with Crippen LogP contribution in [0.3, 0.4) is 0 Å². The Bertz CT molecular complexity index is 618. The standard InChI is InChI=1S/C12H11BrN4S/c13-11-10-9(3-4-15-11)16-12(18-10)17-5-1-2-8(6-14)7-17/h3-4,8H,1-2,5,7H2/t8-/m0/s1. The van der Waals surface area contributed by atoms with E-state index in [1.165, 1.54) is 0 Å². The van der Waals surface area contributed by atoms with Gasteiger partial charge in [0.05, 0.1) is 22.2 Å². The largest absolute Gasteiger partial charge is 0.347 e. The van der Waals surface area contributed by atoms with Gasteiger partial charge < -0.3 is 4.90 Å². The Morgan fingerprint density at radius 2 is 2.44 bits per heavy atom. The van der Waals surface area contributed by atoms with Gasteiger partial charge in [-0.3, -0.25) is 0 Å². The van der Waals surface area contributed by atoms with E-state index in [1.54, 1.807) is 17.5 Å². The summed E-state index contributed by atoms with van der Waals surface area (Å²) >= 11 is 5.09. The lowest BCUT2D eigenvalue weighted by Gasteiger charge is -2.28. The molecule has 1 saturated heterocycles. The van der Waals surface area contributed by atoms with Gasteiger partial charge in [-0.2, -0.15) is 5.26 Å². The smallest absolute Gasteiger partial charge is 0.186 e. The van der Waals surface area contributed by atoms with Crippen LogP contribution in [0, 0.1) is 17.2 Å². The SMILES string of the molecule is N#C[C@@H]1CCCN(c2nc3ccnc(Br)c3s2)C1. The second kappa shape index (κ2) is 4.82. The first-order valence-corrected chi connectivity index (χ1v) is 7.44. The number of anilines is 1. The summed E-state index contributed by atoms with van der Waals surface area (Å²) in [5.41, 5.74) is 0.968. The predicted molar refractivity (Wildman–Crippen MR) is 75.7 cm³/mol. The average Bonchev–Trinajstić information content (AvgIpc) is 2.84. The number of halogens is 1. The minimum atomic E-state index is 0.132. The number of hydrogen-bond donors (Lipinski definition) is 0. The third-order valence-electron chi connectivity index (χ3n) is 3.12. The second-order valence-electron chi connectivity index (χ2n) is 4.36. The Morgan fingerprint density at radius 1 is 1.56 bits per heavy atom. The van der Waals surface area contributed by atoms with Crippen molar-refractivity contribution in [3.05, 3.63) is 16.9 Å². The molecule has 92 valence electrons. The molecule has 0 N–H and O–H groups in total. The molecule has 0 unspecified atom stereocenters. The molecule has 0 radical (unpaired) electrons. The molecule has 18 heavy (non-hydrogen) atoms. The predicted octanol–water partition coefficient (Wildman–Crippen LogP) is 3.19. The molecule has 0 bridgehead atoms. The fraction of sp³-hybridized carbons (Fsp3) is 0.417. The number of nitrogens with zero attached hydrogens (tertiary/aromatic N) is 4. The van der Waals surface area contributed by atoms with Crippen LogP contribution in [0.4, 0.5) is 5.13 Å². The molecule has 1 atom stereocenters. The van der Waals surface area contributed by atoms with Gasteiger partial charge in [0.2, 0.25) is 0 Å². The molecule has 0 aromatic carbocycles. The van der Waals surface area contributed by atoms with Crippen LogP contribution in [0.1, 0.15) is 12.8 Å². The number of nitriles is 1. The van der Waals surface area contributed by atoms with Crippen molar-refractivity contribution in [1.82, 2.24) is 9.97 Å². The number of piperidine rings is 1. The molecular weight excluding hydrogens is 312 g/mol. The van der Waals surface area contributed by atoms with Gasteiger partial charge in [0.15, 0.2) is 5.13 Å². The number of pyridine rings is 1. The molecule has 1 aliphatic heterocycles. The third kappa shape index (κ3) is 2.08. The van der Waals surface area contributed by atoms with Crippen molar-refractivity contribution in [2.24, 2.45) is 5.92 Å². The van der Waals surface area contributed by atoms with Gasteiger partial charge in [-0.05, 0) is 34.8 Å². The van der Waals surface area contributed by atoms with Crippen molar-refractivity contribution >= 4 is 42.6 Å². The summed E-state index contributed by atoms with van der Waals surface area (Å²) in [5.74, 6) is 0.132. The normalized spacial score (nSPS) is 20.0. The maximum absolute atomic E-state index is 9.03. The highest BCUT2D eigenvalue weighted by atomic mass is 79.9. The molecule has 3 heterocycles. The van der Waals surface area contributed by atoms with E-state index in [0.29, 0.717) is 0 Å². The van der Waals surface area contributed by atoms with Crippen LogP contribution in [0.5, 0.6) is 0 Å². The number of rotatable bonds is 1. The Labute approximate surface area is 117 Å². The van der Waals surface area contributed by atoms with E-state index in [2.05, 4.69) is 36.9 Å². The van der Waals surface area contributed by atoms with E-state index in [1.807, 2.05) is 6.07 Å². The van der Waals surface area contributed by atoms with Gasteiger partial charge in [0.25, 0.3) is 0 Å². The molecule has 4 nitrogen and oxygen atoms in total. The molecular formula is C12H11BrN4S. The van der Waals surface area contributed by atoms with Crippen molar-refractivity contribution in [1.29, 1.82) is 5.26 Å². The molecule has 0 amide bonds. The van der Waals surface area contributed by atoms with Gasteiger partial charge in [-0.15, -0.1) is 0 Å². The Kier molecular flexibility index (Phi) is 3.18. The van der Waals surface area contributed by atoms with Crippen LogP contribution in [0.25, 0.3) is 10.2 Å². The van der Waals surface area contributed by atoms with Crippen molar-refractivity contribution in [2.45, 2.75) is 12.8 Å². The van der Waals surface area contributed by atoms with Crippen LogP contribution in [-0.4, -0.2) is 23.1 Å². The van der Waals surface area contributed by atoms with Gasteiger partial charge in [-0.1, -0.05) is 11.3 Å². The van der Waals surface area contributed by atoms with Gasteiger partial charge in [0, 0.05) is 19.3 Å². The molecule has 1 fully saturated rings. The Balaban J connectivity index is 1.95. The highest BCUT2D eigenvalue weighted by Crippen LogP contribution is 2.34. The average molecular weight is 323 g/mol. The summed E-state index contributed by atoms with van der Waals surface area (Å²) in [6, 6.07) is 4.28. The quantitative estimate of drug-likeness (QED) is 0.756. The van der Waals surface area contributed by atoms with Crippen molar-refractivity contribution in [3.63, 3.8) is 0 Å². The second-order valence-corrected chi connectivity index (χ2v) is 6.09. The summed E-state index contributed by atoms with van der Waals surface area (Å²) in [5, 5.41) is 10.0. The molecule has 0 spiro atoms. The van der Waals surface area contributed by atoms with E-state index < -0.39 is 0 Å². The van der Waals surface area contributed by atoms with E-state index in [0.717, 1.165) is 45.9 Å². The van der Waals surface area contributed by atoms with Crippen LogP contribution in [0.2, 0.25) is 0 Å². The highest BCUT2D eigenvalue weighted by molar-refractivity contribution is 9.10. The first kappa shape index (κ1) is 11.9. The van der Waals surface area contributed by atoms with Crippen molar-refractivity contribution in [2.75, 3.05) is 18.0 Å². The minimum Gasteiger partial charge on any atom is -0.347 e. The lowest BCUT2D eigenvalue weighted by atomic mass is 10.0. The van der Waals surface area contributed by atoms with Gasteiger partial charge in [-0.25, -0.2) is 9.97 Å². The van der Waals surface area contributed by atoms with Crippen molar-refractivity contribution < 1.29 is 0 Å². The zero-order valence-electron chi connectivity index (χ0n) is 9.64. The lowest BCUT2D eigenvalue weighted by Crippen LogP contribution is -2.34. The van der Waals surface area contributed by atoms with Crippen LogP contribution < -0.4 is 4.90 Å². The number of fused-ring (bicyclic) bond motifs is 1. The summed E-state index contributed by atoms with van der Waals surface area (Å²) in [4.78, 5) is 11.1. The van der Waals surface area contributed by atoms with Crippen molar-refractivity contribution in [3.8, 4) is 6.07 Å². The Hall–Kier alpha value is -1.19. The molecule has 2 aromatic rings. The molecule has 2 aromatic heterocycles. The summed E-state index contributed by atoms with van der Waals surface area (Å²) in [7, 11) is 0. The Morgan fingerprint density at radius 3 is 3.22 bits per heavy atom. The first-order valence-electron chi connectivity index (χ1n) is 5.83. The number of aromatic nitrogens is 2. The molecule has 6 heteroatoms. The van der Waals surface area contributed by atoms with Crippen LogP contribution >= 0.6 is 27.3 Å². The maximum Gasteiger partial charge on any atom is 0.186 e. The zero-order valence-corrected chi connectivity index (χ0v) is 12.0. The highest BCUT2D eigenvalue weighted by Gasteiger charge is 2.22. The van der Waals surface area contributed by atoms with Gasteiger partial charge in [0.1, 0.15) is 4.60 Å². The van der Waals surface area contributed by atoms with E-state index in [4.69, 9.17) is 5.26 Å². The van der Waals surface area contributed by atoms with E-state index in [9.17, 15) is 0 Å². The fourth-order valence-electron chi connectivity index (χ4n) is 2.20. The zero-order chi connectivity index (χ0) is 12.5. The first-order chi connectivity index (χ1) is 8.78. The number of hydrogen-bond acceptors (Lipinski definition) is 5. The minimum absolute atomic E-state index is 0.132.